The minimum Gasteiger partial charge on any atom is -0.619 e. The maximum atomic E-state index is 10.7. The van der Waals surface area contributed by atoms with Crippen molar-refractivity contribution in [3.05, 3.63) is 35.3 Å². The van der Waals surface area contributed by atoms with Crippen molar-refractivity contribution in [1.29, 1.82) is 0 Å². The van der Waals surface area contributed by atoms with Gasteiger partial charge >= 0.3 is 0 Å². The van der Waals surface area contributed by atoms with Crippen LogP contribution < -0.4 is 4.73 Å². The first kappa shape index (κ1) is 7.52. The summed E-state index contributed by atoms with van der Waals surface area (Å²) >= 11 is 0. The van der Waals surface area contributed by atoms with Crippen molar-refractivity contribution in [2.75, 3.05) is 13.2 Å². The van der Waals surface area contributed by atoms with E-state index in [0.717, 1.165) is 10.3 Å². The summed E-state index contributed by atoms with van der Waals surface area (Å²) in [5.74, 6) is 0. The van der Waals surface area contributed by atoms with Gasteiger partial charge in [-0.3, -0.25) is 0 Å². The lowest BCUT2D eigenvalue weighted by molar-refractivity contribution is -0.605. The highest BCUT2D eigenvalue weighted by Gasteiger charge is 2.18. The zero-order valence-electron chi connectivity index (χ0n) is 6.47. The molecular formula is C8H9NO3. The molecule has 64 valence electrons. The Bertz CT molecular complexity index is 254. The molecule has 0 N–H and O–H groups in total. The van der Waals surface area contributed by atoms with E-state index in [9.17, 15) is 5.21 Å². The van der Waals surface area contributed by atoms with Crippen LogP contribution >= 0.6 is 0 Å². The molecule has 2 heterocycles. The van der Waals surface area contributed by atoms with E-state index in [0.29, 0.717) is 13.2 Å². The van der Waals surface area contributed by atoms with Crippen molar-refractivity contribution in [2.45, 2.75) is 6.29 Å². The average Bonchev–Trinajstić information content (AvgIpc) is 2.58. The Morgan fingerprint density at radius 3 is 2.42 bits per heavy atom. The molecule has 1 aromatic heterocycles. The molecule has 12 heavy (non-hydrogen) atoms. The smallest absolute Gasteiger partial charge is 0.184 e. The first-order chi connectivity index (χ1) is 5.86. The number of rotatable bonds is 1. The number of nitrogens with zero attached hydrogens (tertiary/aromatic N) is 1. The molecule has 0 unspecified atom stereocenters. The molecule has 0 aliphatic carbocycles. The van der Waals surface area contributed by atoms with Crippen molar-refractivity contribution < 1.29 is 14.2 Å². The van der Waals surface area contributed by atoms with Crippen molar-refractivity contribution in [3.63, 3.8) is 0 Å². The van der Waals surface area contributed by atoms with Gasteiger partial charge in [-0.25, -0.2) is 0 Å². The van der Waals surface area contributed by atoms with Crippen LogP contribution in [-0.2, 0) is 9.47 Å². The predicted molar refractivity (Wildman–Crippen MR) is 40.0 cm³/mol. The van der Waals surface area contributed by atoms with Gasteiger partial charge in [-0.1, -0.05) is 0 Å². The predicted octanol–water partition coefficient (Wildman–Crippen LogP) is 0.365. The van der Waals surface area contributed by atoms with Crippen LogP contribution in [0, 0.1) is 5.21 Å². The fourth-order valence-corrected chi connectivity index (χ4v) is 1.13. The molecule has 0 radical (unpaired) electrons. The van der Waals surface area contributed by atoms with E-state index >= 15 is 0 Å². The second-order valence-corrected chi connectivity index (χ2v) is 2.56. The molecule has 0 aromatic carbocycles. The minimum absolute atomic E-state index is 0.286. The maximum absolute atomic E-state index is 10.7. The van der Waals surface area contributed by atoms with E-state index in [-0.39, 0.29) is 6.29 Å². The lowest BCUT2D eigenvalue weighted by Crippen LogP contribution is -2.24. The minimum atomic E-state index is -0.286. The van der Waals surface area contributed by atoms with E-state index in [1.54, 1.807) is 12.1 Å². The number of hydrogen-bond acceptors (Lipinski definition) is 3. The Labute approximate surface area is 69.9 Å². The van der Waals surface area contributed by atoms with E-state index < -0.39 is 0 Å². The molecule has 1 saturated heterocycles. The van der Waals surface area contributed by atoms with Gasteiger partial charge in [-0.05, 0) is 0 Å². The van der Waals surface area contributed by atoms with E-state index in [4.69, 9.17) is 9.47 Å². The van der Waals surface area contributed by atoms with Crippen LogP contribution in [0.15, 0.2) is 24.5 Å². The normalized spacial score (nSPS) is 18.3. The quantitative estimate of drug-likeness (QED) is 0.448. The Hall–Kier alpha value is -1.13. The highest BCUT2D eigenvalue weighted by molar-refractivity contribution is 5.09. The second kappa shape index (κ2) is 3.08. The zero-order valence-corrected chi connectivity index (χ0v) is 6.47. The summed E-state index contributed by atoms with van der Waals surface area (Å²) in [4.78, 5) is 0. The van der Waals surface area contributed by atoms with Gasteiger partial charge in [0.05, 0.1) is 13.2 Å². The Morgan fingerprint density at radius 2 is 1.83 bits per heavy atom. The molecular weight excluding hydrogens is 158 g/mol. The third kappa shape index (κ3) is 1.39. The van der Waals surface area contributed by atoms with Crippen molar-refractivity contribution >= 4 is 0 Å². The lowest BCUT2D eigenvalue weighted by atomic mass is 10.3. The van der Waals surface area contributed by atoms with Gasteiger partial charge in [0.2, 0.25) is 0 Å². The fraction of sp³-hybridized carbons (Fsp3) is 0.375. The van der Waals surface area contributed by atoms with Gasteiger partial charge in [-0.15, -0.1) is 0 Å². The summed E-state index contributed by atoms with van der Waals surface area (Å²) in [5.41, 5.74) is 0.889. The molecule has 1 aliphatic heterocycles. The van der Waals surface area contributed by atoms with Crippen LogP contribution in [0.1, 0.15) is 11.9 Å². The molecule has 0 saturated carbocycles. The second-order valence-electron chi connectivity index (χ2n) is 2.56. The summed E-state index contributed by atoms with van der Waals surface area (Å²) in [6.07, 6.45) is 2.58. The molecule has 0 atom stereocenters. The van der Waals surface area contributed by atoms with Crippen LogP contribution in [0.3, 0.4) is 0 Å². The van der Waals surface area contributed by atoms with Crippen LogP contribution in [0.2, 0.25) is 0 Å². The Morgan fingerprint density at radius 1 is 1.25 bits per heavy atom. The zero-order chi connectivity index (χ0) is 8.39. The molecule has 4 nitrogen and oxygen atoms in total. The summed E-state index contributed by atoms with van der Waals surface area (Å²) in [5, 5.41) is 10.7. The molecule has 1 fully saturated rings. The topological polar surface area (TPSA) is 45.4 Å². The largest absolute Gasteiger partial charge is 0.619 e. The van der Waals surface area contributed by atoms with Crippen molar-refractivity contribution in [2.24, 2.45) is 0 Å². The standard InChI is InChI=1S/C8H9NO3/c10-9-3-1-7(2-4-9)8-11-5-6-12-8/h1-4,8H,5-6H2. The molecule has 0 bridgehead atoms. The lowest BCUT2D eigenvalue weighted by Gasteiger charge is -2.07. The van der Waals surface area contributed by atoms with Crippen LogP contribution in [0.5, 0.6) is 0 Å². The van der Waals surface area contributed by atoms with Gasteiger partial charge in [0.25, 0.3) is 0 Å². The third-order valence-electron chi connectivity index (χ3n) is 1.72. The SMILES string of the molecule is [O-][n+]1ccc(C2OCCO2)cc1. The van der Waals surface area contributed by atoms with Gasteiger partial charge < -0.3 is 14.7 Å². The molecule has 0 spiro atoms. The first-order valence-corrected chi connectivity index (χ1v) is 3.78. The van der Waals surface area contributed by atoms with E-state index in [1.807, 2.05) is 0 Å². The highest BCUT2D eigenvalue weighted by Crippen LogP contribution is 2.21. The maximum Gasteiger partial charge on any atom is 0.184 e. The number of aromatic nitrogens is 1. The van der Waals surface area contributed by atoms with Crippen molar-refractivity contribution in [3.8, 4) is 0 Å². The average molecular weight is 167 g/mol. The molecule has 0 amide bonds. The molecule has 1 aromatic rings. The van der Waals surface area contributed by atoms with Crippen LogP contribution in [0.25, 0.3) is 0 Å². The van der Waals surface area contributed by atoms with Gasteiger partial charge in [0, 0.05) is 17.7 Å². The molecule has 4 heteroatoms. The Kier molecular flexibility index (Phi) is 1.93. The number of ether oxygens (including phenoxy) is 2. The summed E-state index contributed by atoms with van der Waals surface area (Å²) in [6, 6.07) is 3.39. The summed E-state index contributed by atoms with van der Waals surface area (Å²) < 4.78 is 11.2. The molecule has 2 rings (SSSR count). The van der Waals surface area contributed by atoms with Gasteiger partial charge in [0.15, 0.2) is 18.7 Å². The van der Waals surface area contributed by atoms with Crippen LogP contribution in [-0.4, -0.2) is 13.2 Å². The van der Waals surface area contributed by atoms with Crippen molar-refractivity contribution in [1.82, 2.24) is 0 Å². The fourth-order valence-electron chi connectivity index (χ4n) is 1.13. The van der Waals surface area contributed by atoms with Crippen LogP contribution in [0.4, 0.5) is 0 Å². The summed E-state index contributed by atoms with van der Waals surface area (Å²) in [6.45, 7) is 1.24. The monoisotopic (exact) mass is 167 g/mol. The molecule has 1 aliphatic rings. The number of pyridine rings is 1. The summed E-state index contributed by atoms with van der Waals surface area (Å²) in [7, 11) is 0. The first-order valence-electron chi connectivity index (χ1n) is 3.78. The van der Waals surface area contributed by atoms with Gasteiger partial charge in [0.1, 0.15) is 0 Å². The third-order valence-corrected chi connectivity index (χ3v) is 1.72. The van der Waals surface area contributed by atoms with E-state index in [1.165, 1.54) is 12.4 Å². The Balaban J connectivity index is 2.17. The van der Waals surface area contributed by atoms with Gasteiger partial charge in [-0.2, -0.15) is 4.73 Å². The highest BCUT2D eigenvalue weighted by atomic mass is 16.7. The number of hydrogen-bond donors (Lipinski definition) is 0. The van der Waals surface area contributed by atoms with E-state index in [2.05, 4.69) is 0 Å².